The zero-order valence-electron chi connectivity index (χ0n) is 21.5. The third kappa shape index (κ3) is 9.67. The van der Waals surface area contributed by atoms with E-state index in [-0.39, 0.29) is 18.9 Å². The van der Waals surface area contributed by atoms with Crippen LogP contribution in [0.4, 0.5) is 5.69 Å². The van der Waals surface area contributed by atoms with Crippen LogP contribution in [0.2, 0.25) is 5.02 Å². The number of hydrazone groups is 1. The zero-order chi connectivity index (χ0) is 28.0. The molecule has 3 aromatic carbocycles. The molecular weight excluding hydrogens is 524 g/mol. The highest BCUT2D eigenvalue weighted by atomic mass is 35.5. The molecule has 0 bridgehead atoms. The van der Waals surface area contributed by atoms with Gasteiger partial charge in [-0.15, -0.1) is 0 Å². The molecule has 0 fully saturated rings. The van der Waals surface area contributed by atoms with Crippen LogP contribution in [0.15, 0.2) is 71.8 Å². The van der Waals surface area contributed by atoms with Crippen LogP contribution >= 0.6 is 11.6 Å². The second kappa shape index (κ2) is 15.0. The summed E-state index contributed by atoms with van der Waals surface area (Å²) < 4.78 is 16.0. The van der Waals surface area contributed by atoms with Crippen molar-refractivity contribution >= 4 is 41.2 Å². The fourth-order valence-corrected chi connectivity index (χ4v) is 3.54. The van der Waals surface area contributed by atoms with E-state index in [0.29, 0.717) is 46.5 Å². The molecule has 3 aromatic rings. The van der Waals surface area contributed by atoms with Gasteiger partial charge >= 0.3 is 0 Å². The lowest BCUT2D eigenvalue weighted by molar-refractivity contribution is -0.129. The van der Waals surface area contributed by atoms with Gasteiger partial charge < -0.3 is 24.8 Å². The first-order valence-corrected chi connectivity index (χ1v) is 12.3. The Morgan fingerprint density at radius 3 is 2.36 bits per heavy atom. The summed E-state index contributed by atoms with van der Waals surface area (Å²) in [4.78, 5) is 36.1. The normalized spacial score (nSPS) is 10.5. The number of anilines is 1. The summed E-state index contributed by atoms with van der Waals surface area (Å²) in [5, 5.41) is 9.69. The largest absolute Gasteiger partial charge is 0.493 e. The molecule has 0 heterocycles. The number of hydrogen-bond acceptors (Lipinski definition) is 7. The lowest BCUT2D eigenvalue weighted by Crippen LogP contribution is -2.31. The summed E-state index contributed by atoms with van der Waals surface area (Å²) in [6, 6.07) is 19.2. The maximum absolute atomic E-state index is 12.1. The Hall–Kier alpha value is -4.57. The van der Waals surface area contributed by atoms with Crippen LogP contribution in [0.5, 0.6) is 17.2 Å². The minimum atomic E-state index is -0.542. The molecule has 0 aliphatic heterocycles. The molecule has 3 rings (SSSR count). The van der Waals surface area contributed by atoms with Crippen molar-refractivity contribution in [3.05, 3.63) is 82.9 Å². The maximum Gasteiger partial charge on any atom is 0.262 e. The van der Waals surface area contributed by atoms with E-state index in [0.717, 1.165) is 5.56 Å². The standard InChI is InChI=1S/C28H29ClN4O6/c1-37-24-12-9-19(15-25(24)38-2)13-14-30-26(34)16-27(35)33-31-17-20-7-10-21(11-8-20)39-18-28(36)32-23-6-4-3-5-22(23)29/h3-12,15,17H,13-14,16,18H2,1-2H3,(H,30,34)(H,32,36)(H,33,35)/b31-17+. The van der Waals surface area contributed by atoms with Crippen molar-refractivity contribution in [1.29, 1.82) is 0 Å². The summed E-state index contributed by atoms with van der Waals surface area (Å²) in [5.74, 6) is 0.415. The highest BCUT2D eigenvalue weighted by Gasteiger charge is 2.10. The Bertz CT molecular complexity index is 1310. The molecule has 3 N–H and O–H groups in total. The average Bonchev–Trinajstić information content (AvgIpc) is 2.93. The number of hydrogen-bond donors (Lipinski definition) is 3. The Morgan fingerprint density at radius 2 is 1.64 bits per heavy atom. The SMILES string of the molecule is COc1ccc(CCNC(=O)CC(=O)N/N=C/c2ccc(OCC(=O)Nc3ccccc3Cl)cc2)cc1OC. The second-order valence-corrected chi connectivity index (χ2v) is 8.55. The predicted octanol–water partition coefficient (Wildman–Crippen LogP) is 3.57. The number of nitrogens with zero attached hydrogens (tertiary/aromatic N) is 1. The van der Waals surface area contributed by atoms with Gasteiger partial charge in [-0.1, -0.05) is 29.8 Å². The fraction of sp³-hybridized carbons (Fsp3) is 0.214. The van der Waals surface area contributed by atoms with Crippen molar-refractivity contribution in [3.63, 3.8) is 0 Å². The van der Waals surface area contributed by atoms with E-state index in [1.807, 2.05) is 12.1 Å². The van der Waals surface area contributed by atoms with E-state index < -0.39 is 11.8 Å². The van der Waals surface area contributed by atoms with Crippen molar-refractivity contribution in [2.45, 2.75) is 12.8 Å². The molecular formula is C28H29ClN4O6. The van der Waals surface area contributed by atoms with Crippen LogP contribution < -0.4 is 30.3 Å². The molecule has 0 aromatic heterocycles. The summed E-state index contributed by atoms with van der Waals surface area (Å²) in [6.07, 6.45) is 1.64. The fourth-order valence-electron chi connectivity index (χ4n) is 3.36. The van der Waals surface area contributed by atoms with E-state index in [1.54, 1.807) is 68.8 Å². The predicted molar refractivity (Wildman–Crippen MR) is 149 cm³/mol. The first-order valence-electron chi connectivity index (χ1n) is 11.9. The van der Waals surface area contributed by atoms with Gasteiger partial charge in [-0.3, -0.25) is 14.4 Å². The second-order valence-electron chi connectivity index (χ2n) is 8.14. The van der Waals surface area contributed by atoms with Gasteiger partial charge in [0.15, 0.2) is 18.1 Å². The summed E-state index contributed by atoms with van der Waals surface area (Å²) in [6.45, 7) is 0.173. The Kier molecular flexibility index (Phi) is 11.1. The van der Waals surface area contributed by atoms with Crippen molar-refractivity contribution in [2.24, 2.45) is 5.10 Å². The van der Waals surface area contributed by atoms with Crippen LogP contribution in [0.1, 0.15) is 17.5 Å². The monoisotopic (exact) mass is 552 g/mol. The van der Waals surface area contributed by atoms with E-state index in [2.05, 4.69) is 21.2 Å². The van der Waals surface area contributed by atoms with Crippen molar-refractivity contribution < 1.29 is 28.6 Å². The lowest BCUT2D eigenvalue weighted by Gasteiger charge is -2.10. The molecule has 0 spiro atoms. The summed E-state index contributed by atoms with van der Waals surface area (Å²) >= 11 is 6.03. The number of halogens is 1. The number of para-hydroxylation sites is 1. The first-order chi connectivity index (χ1) is 18.9. The first kappa shape index (κ1) is 29.0. The van der Waals surface area contributed by atoms with Crippen LogP contribution in [-0.4, -0.2) is 51.3 Å². The Labute approximate surface area is 231 Å². The molecule has 39 heavy (non-hydrogen) atoms. The number of methoxy groups -OCH3 is 2. The highest BCUT2D eigenvalue weighted by Crippen LogP contribution is 2.27. The van der Waals surface area contributed by atoms with Crippen LogP contribution in [0.25, 0.3) is 0 Å². The molecule has 204 valence electrons. The third-order valence-corrected chi connectivity index (χ3v) is 5.64. The topological polar surface area (TPSA) is 127 Å². The van der Waals surface area contributed by atoms with E-state index in [9.17, 15) is 14.4 Å². The van der Waals surface area contributed by atoms with E-state index >= 15 is 0 Å². The van der Waals surface area contributed by atoms with Crippen molar-refractivity contribution in [1.82, 2.24) is 10.7 Å². The number of amides is 3. The number of ether oxygens (including phenoxy) is 3. The molecule has 0 atom stereocenters. The van der Waals surface area contributed by atoms with E-state index in [4.69, 9.17) is 25.8 Å². The number of carbonyl (C=O) groups is 3. The van der Waals surface area contributed by atoms with Crippen LogP contribution in [0.3, 0.4) is 0 Å². The van der Waals surface area contributed by atoms with Crippen LogP contribution in [0, 0.1) is 0 Å². The molecule has 0 unspecified atom stereocenters. The van der Waals surface area contributed by atoms with Gasteiger partial charge in [0.2, 0.25) is 11.8 Å². The average molecular weight is 553 g/mol. The third-order valence-electron chi connectivity index (χ3n) is 5.31. The highest BCUT2D eigenvalue weighted by molar-refractivity contribution is 6.33. The number of carbonyl (C=O) groups excluding carboxylic acids is 3. The molecule has 0 aliphatic carbocycles. The van der Waals surface area contributed by atoms with Gasteiger partial charge in [-0.25, -0.2) is 5.43 Å². The molecule has 0 aliphatic rings. The number of nitrogens with one attached hydrogen (secondary N) is 3. The van der Waals surface area contributed by atoms with Gasteiger partial charge in [-0.2, -0.15) is 5.10 Å². The zero-order valence-corrected chi connectivity index (χ0v) is 22.3. The van der Waals surface area contributed by atoms with Gasteiger partial charge in [-0.05, 0) is 66.1 Å². The summed E-state index contributed by atoms with van der Waals surface area (Å²) in [7, 11) is 3.12. The van der Waals surface area contributed by atoms with Gasteiger partial charge in [0.1, 0.15) is 12.2 Å². The van der Waals surface area contributed by atoms with Crippen LogP contribution in [-0.2, 0) is 20.8 Å². The molecule has 3 amide bonds. The smallest absolute Gasteiger partial charge is 0.262 e. The van der Waals surface area contributed by atoms with Gasteiger partial charge in [0, 0.05) is 6.54 Å². The summed E-state index contributed by atoms with van der Waals surface area (Å²) in [5.41, 5.74) is 4.47. The molecule has 0 radical (unpaired) electrons. The Balaban J connectivity index is 1.34. The molecule has 0 saturated carbocycles. The minimum absolute atomic E-state index is 0.189. The number of rotatable bonds is 13. The van der Waals surface area contributed by atoms with Gasteiger partial charge in [0.25, 0.3) is 5.91 Å². The number of benzene rings is 3. The van der Waals surface area contributed by atoms with Crippen molar-refractivity contribution in [2.75, 3.05) is 32.7 Å². The minimum Gasteiger partial charge on any atom is -0.493 e. The van der Waals surface area contributed by atoms with E-state index in [1.165, 1.54) is 6.21 Å². The Morgan fingerprint density at radius 1 is 0.897 bits per heavy atom. The molecule has 11 heteroatoms. The molecule has 10 nitrogen and oxygen atoms in total. The van der Waals surface area contributed by atoms with Gasteiger partial charge in [0.05, 0.1) is 31.1 Å². The maximum atomic E-state index is 12.1. The quantitative estimate of drug-likeness (QED) is 0.169. The molecule has 0 saturated heterocycles. The lowest BCUT2D eigenvalue weighted by atomic mass is 10.1. The van der Waals surface area contributed by atoms with Crippen molar-refractivity contribution in [3.8, 4) is 17.2 Å².